The van der Waals surface area contributed by atoms with Gasteiger partial charge in [-0.05, 0) is 25.0 Å². The molecule has 0 radical (unpaired) electrons. The molecule has 1 amide bonds. The van der Waals surface area contributed by atoms with Crippen LogP contribution in [-0.4, -0.2) is 49.6 Å². The summed E-state index contributed by atoms with van der Waals surface area (Å²) in [5.41, 5.74) is 0.307. The smallest absolute Gasteiger partial charge is 0.280 e. The summed E-state index contributed by atoms with van der Waals surface area (Å²) in [5, 5.41) is 5.68. The lowest BCUT2D eigenvalue weighted by Gasteiger charge is -2.25. The number of carbonyl (C=O) groups is 1. The quantitative estimate of drug-likeness (QED) is 0.510. The number of hydrogen-bond acceptors (Lipinski definition) is 8. The molecule has 4 rings (SSSR count). The van der Waals surface area contributed by atoms with Gasteiger partial charge in [0.25, 0.3) is 5.91 Å². The second kappa shape index (κ2) is 8.78. The summed E-state index contributed by atoms with van der Waals surface area (Å²) in [6.07, 6.45) is 3.63. The second-order valence-corrected chi connectivity index (χ2v) is 10.3. The van der Waals surface area contributed by atoms with Gasteiger partial charge < -0.3 is 9.57 Å². The van der Waals surface area contributed by atoms with Gasteiger partial charge in [-0.25, -0.2) is 13.4 Å². The Balaban J connectivity index is 1.57. The van der Waals surface area contributed by atoms with Gasteiger partial charge in [0.2, 0.25) is 0 Å². The van der Waals surface area contributed by atoms with E-state index >= 15 is 0 Å². The zero-order chi connectivity index (χ0) is 21.1. The van der Waals surface area contributed by atoms with Crippen LogP contribution in [0.3, 0.4) is 0 Å². The maximum atomic E-state index is 13.2. The SMILES string of the molecule is O=C(Nc1ncc(F)s1)/C(=N/O[C@@H]1CCOC1)c1ccc(S(=O)(=O)C2CCC2)cc1. The number of anilines is 1. The van der Waals surface area contributed by atoms with E-state index in [-0.39, 0.29) is 27.1 Å². The molecule has 1 aliphatic carbocycles. The molecule has 2 fully saturated rings. The van der Waals surface area contributed by atoms with E-state index in [0.29, 0.717) is 49.4 Å². The molecule has 2 aliphatic rings. The minimum Gasteiger partial charge on any atom is -0.389 e. The summed E-state index contributed by atoms with van der Waals surface area (Å²) >= 11 is 0.685. The largest absolute Gasteiger partial charge is 0.389 e. The maximum Gasteiger partial charge on any atom is 0.280 e. The first-order valence-electron chi connectivity index (χ1n) is 9.52. The van der Waals surface area contributed by atoms with Crippen LogP contribution in [0.5, 0.6) is 0 Å². The van der Waals surface area contributed by atoms with Crippen LogP contribution in [-0.2, 0) is 24.2 Å². The summed E-state index contributed by atoms with van der Waals surface area (Å²) < 4.78 is 43.6. The lowest BCUT2D eigenvalue weighted by molar-refractivity contribution is -0.110. The van der Waals surface area contributed by atoms with Crippen LogP contribution in [0.25, 0.3) is 0 Å². The lowest BCUT2D eigenvalue weighted by Crippen LogP contribution is -2.28. The van der Waals surface area contributed by atoms with E-state index in [1.807, 2.05) is 0 Å². The van der Waals surface area contributed by atoms with E-state index in [1.54, 1.807) is 0 Å². The number of nitrogens with zero attached hydrogens (tertiary/aromatic N) is 2. The Labute approximate surface area is 177 Å². The molecule has 30 heavy (non-hydrogen) atoms. The lowest BCUT2D eigenvalue weighted by atomic mass is 10.00. The van der Waals surface area contributed by atoms with E-state index in [1.165, 1.54) is 24.3 Å². The fourth-order valence-electron chi connectivity index (χ4n) is 3.09. The number of aromatic nitrogens is 1. The molecule has 1 aliphatic heterocycles. The first-order chi connectivity index (χ1) is 14.4. The van der Waals surface area contributed by atoms with E-state index in [9.17, 15) is 17.6 Å². The highest BCUT2D eigenvalue weighted by Gasteiger charge is 2.32. The first kappa shape index (κ1) is 20.9. The third-order valence-electron chi connectivity index (χ3n) is 5.04. The van der Waals surface area contributed by atoms with E-state index in [0.717, 1.165) is 12.6 Å². The molecule has 1 aromatic heterocycles. The van der Waals surface area contributed by atoms with Gasteiger partial charge in [-0.1, -0.05) is 35.0 Å². The molecule has 2 heterocycles. The maximum absolute atomic E-state index is 13.2. The second-order valence-electron chi connectivity index (χ2n) is 7.08. The van der Waals surface area contributed by atoms with E-state index in [4.69, 9.17) is 9.57 Å². The van der Waals surface area contributed by atoms with Crippen molar-refractivity contribution < 1.29 is 27.2 Å². The predicted molar refractivity (Wildman–Crippen MR) is 109 cm³/mol. The van der Waals surface area contributed by atoms with Crippen LogP contribution in [0.2, 0.25) is 0 Å². The number of carbonyl (C=O) groups excluding carboxylic acids is 1. The van der Waals surface area contributed by atoms with Gasteiger partial charge in [0.05, 0.1) is 29.6 Å². The Kier molecular flexibility index (Phi) is 6.11. The van der Waals surface area contributed by atoms with Gasteiger partial charge in [0.15, 0.2) is 31.9 Å². The summed E-state index contributed by atoms with van der Waals surface area (Å²) in [5.74, 6) is -0.641. The average molecular weight is 454 g/mol. The fourth-order valence-corrected chi connectivity index (χ4v) is 5.49. The van der Waals surface area contributed by atoms with Crippen molar-refractivity contribution in [2.24, 2.45) is 5.16 Å². The Hall–Kier alpha value is -2.37. The molecular formula is C19H20FN3O5S2. The van der Waals surface area contributed by atoms with Crippen LogP contribution < -0.4 is 5.32 Å². The van der Waals surface area contributed by atoms with E-state index < -0.39 is 20.9 Å². The van der Waals surface area contributed by atoms with Crippen LogP contribution in [0, 0.1) is 5.13 Å². The van der Waals surface area contributed by atoms with Crippen molar-refractivity contribution in [1.29, 1.82) is 0 Å². The fraction of sp³-hybridized carbons (Fsp3) is 0.421. The Morgan fingerprint density at radius 3 is 2.60 bits per heavy atom. The van der Waals surface area contributed by atoms with Gasteiger partial charge in [0.1, 0.15) is 0 Å². The normalized spacial score (nSPS) is 20.0. The van der Waals surface area contributed by atoms with Crippen molar-refractivity contribution in [3.05, 3.63) is 41.2 Å². The average Bonchev–Trinajstić information content (AvgIpc) is 3.32. The molecule has 1 N–H and O–H groups in total. The van der Waals surface area contributed by atoms with Gasteiger partial charge in [-0.2, -0.15) is 4.39 Å². The molecule has 0 unspecified atom stereocenters. The van der Waals surface area contributed by atoms with Crippen LogP contribution in [0.15, 0.2) is 40.5 Å². The molecular weight excluding hydrogens is 433 g/mol. The van der Waals surface area contributed by atoms with Gasteiger partial charge in [-0.15, -0.1) is 0 Å². The molecule has 11 heteroatoms. The van der Waals surface area contributed by atoms with Crippen molar-refractivity contribution in [2.45, 2.75) is 41.9 Å². The number of rotatable bonds is 7. The van der Waals surface area contributed by atoms with Crippen molar-refractivity contribution in [3.63, 3.8) is 0 Å². The topological polar surface area (TPSA) is 107 Å². The molecule has 1 aromatic carbocycles. The van der Waals surface area contributed by atoms with Crippen LogP contribution >= 0.6 is 11.3 Å². The summed E-state index contributed by atoms with van der Waals surface area (Å²) in [6, 6.07) is 5.96. The third kappa shape index (κ3) is 4.52. The van der Waals surface area contributed by atoms with Crippen molar-refractivity contribution in [1.82, 2.24) is 4.98 Å². The summed E-state index contributed by atoms with van der Waals surface area (Å²) in [4.78, 5) is 22.2. The molecule has 0 bridgehead atoms. The number of sulfone groups is 1. The number of benzene rings is 1. The first-order valence-corrected chi connectivity index (χ1v) is 11.9. The monoisotopic (exact) mass is 453 g/mol. The zero-order valence-corrected chi connectivity index (χ0v) is 17.5. The number of oxime groups is 1. The predicted octanol–water partition coefficient (Wildman–Crippen LogP) is 2.76. The number of halogens is 1. The highest BCUT2D eigenvalue weighted by Crippen LogP contribution is 2.31. The molecule has 1 saturated carbocycles. The number of nitrogens with one attached hydrogen (secondary N) is 1. The minimum absolute atomic E-state index is 0.0647. The van der Waals surface area contributed by atoms with Crippen molar-refractivity contribution >= 4 is 37.9 Å². The summed E-state index contributed by atoms with van der Waals surface area (Å²) in [7, 11) is -3.37. The van der Waals surface area contributed by atoms with Gasteiger partial charge in [-0.3, -0.25) is 10.1 Å². The number of ether oxygens (including phenoxy) is 1. The minimum atomic E-state index is -3.37. The highest BCUT2D eigenvalue weighted by molar-refractivity contribution is 7.92. The molecule has 8 nitrogen and oxygen atoms in total. The van der Waals surface area contributed by atoms with Gasteiger partial charge >= 0.3 is 0 Å². The molecule has 160 valence electrons. The number of thiazole rings is 1. The highest BCUT2D eigenvalue weighted by atomic mass is 32.2. The van der Waals surface area contributed by atoms with Crippen molar-refractivity contribution in [3.8, 4) is 0 Å². The van der Waals surface area contributed by atoms with Crippen LogP contribution in [0.1, 0.15) is 31.2 Å². The molecule has 2 aromatic rings. The van der Waals surface area contributed by atoms with E-state index in [2.05, 4.69) is 15.5 Å². The molecule has 1 saturated heterocycles. The zero-order valence-electron chi connectivity index (χ0n) is 15.9. The Morgan fingerprint density at radius 1 is 1.27 bits per heavy atom. The Bertz CT molecular complexity index is 1040. The Morgan fingerprint density at radius 2 is 2.03 bits per heavy atom. The molecule has 1 atom stereocenters. The summed E-state index contributed by atoms with van der Waals surface area (Å²) in [6.45, 7) is 0.919. The van der Waals surface area contributed by atoms with Crippen LogP contribution in [0.4, 0.5) is 9.52 Å². The standard InChI is InChI=1S/C19H20FN3O5S2/c20-16-10-21-19(29-16)22-18(24)17(23-28-13-8-9-27-11-13)12-4-6-15(7-5-12)30(25,26)14-2-1-3-14/h4-7,10,13-14H,1-3,8-9,11H2,(H,21,22,24)/b23-17+/t13-/m1/s1. The van der Waals surface area contributed by atoms with Gasteiger partial charge in [0, 0.05) is 12.0 Å². The number of hydrogen-bond donors (Lipinski definition) is 1. The number of amides is 1. The third-order valence-corrected chi connectivity index (χ3v) is 8.02. The van der Waals surface area contributed by atoms with Crippen molar-refractivity contribution in [2.75, 3.05) is 18.5 Å². The molecule has 0 spiro atoms.